The maximum atomic E-state index is 11.7. The summed E-state index contributed by atoms with van der Waals surface area (Å²) in [6.07, 6.45) is 2.41. The summed E-state index contributed by atoms with van der Waals surface area (Å²) in [5.41, 5.74) is 1.81. The number of nitrogens with zero attached hydrogens (tertiary/aromatic N) is 1. The SMILES string of the molecule is O=C(COCC1CC1)NCc1cccc(-c2nc(C(=O)O)cs2)c1. The zero-order valence-electron chi connectivity index (χ0n) is 13.0. The van der Waals surface area contributed by atoms with Crippen molar-refractivity contribution in [3.63, 3.8) is 0 Å². The van der Waals surface area contributed by atoms with Crippen LogP contribution in [-0.4, -0.2) is 35.2 Å². The van der Waals surface area contributed by atoms with Gasteiger partial charge in [-0.15, -0.1) is 11.3 Å². The number of aromatic nitrogens is 1. The normalized spacial score (nSPS) is 13.7. The molecular weight excluding hydrogens is 328 g/mol. The van der Waals surface area contributed by atoms with E-state index in [1.54, 1.807) is 0 Å². The third-order valence-corrected chi connectivity index (χ3v) is 4.56. The topological polar surface area (TPSA) is 88.5 Å². The lowest BCUT2D eigenvalue weighted by molar-refractivity contribution is -0.126. The molecule has 2 N–H and O–H groups in total. The number of ether oxygens (including phenoxy) is 1. The van der Waals surface area contributed by atoms with Crippen LogP contribution >= 0.6 is 11.3 Å². The summed E-state index contributed by atoms with van der Waals surface area (Å²) >= 11 is 1.28. The molecule has 6 nitrogen and oxygen atoms in total. The smallest absolute Gasteiger partial charge is 0.355 e. The number of thiazole rings is 1. The molecule has 0 atom stereocenters. The van der Waals surface area contributed by atoms with E-state index in [4.69, 9.17) is 9.84 Å². The van der Waals surface area contributed by atoms with Crippen LogP contribution in [0.15, 0.2) is 29.6 Å². The number of benzene rings is 1. The number of carbonyl (C=O) groups excluding carboxylic acids is 1. The number of amides is 1. The molecule has 1 saturated carbocycles. The molecule has 0 aliphatic heterocycles. The van der Waals surface area contributed by atoms with E-state index >= 15 is 0 Å². The summed E-state index contributed by atoms with van der Waals surface area (Å²) in [4.78, 5) is 26.7. The molecule has 0 bridgehead atoms. The van der Waals surface area contributed by atoms with Crippen LogP contribution in [0.25, 0.3) is 10.6 Å². The number of hydrogen-bond acceptors (Lipinski definition) is 5. The Morgan fingerprint density at radius 1 is 1.38 bits per heavy atom. The molecule has 1 amide bonds. The highest BCUT2D eigenvalue weighted by Gasteiger charge is 2.21. The average Bonchev–Trinajstić information content (AvgIpc) is 3.25. The predicted molar refractivity (Wildman–Crippen MR) is 89.9 cm³/mol. The van der Waals surface area contributed by atoms with E-state index in [1.165, 1.54) is 29.6 Å². The average molecular weight is 346 g/mol. The number of carboxylic acids is 1. The Morgan fingerprint density at radius 3 is 2.92 bits per heavy atom. The van der Waals surface area contributed by atoms with Gasteiger partial charge in [0.2, 0.25) is 5.91 Å². The van der Waals surface area contributed by atoms with Crippen molar-refractivity contribution < 1.29 is 19.4 Å². The third kappa shape index (κ3) is 4.62. The van der Waals surface area contributed by atoms with Crippen LogP contribution in [0, 0.1) is 5.92 Å². The molecule has 0 saturated heterocycles. The zero-order valence-corrected chi connectivity index (χ0v) is 13.8. The van der Waals surface area contributed by atoms with Crippen LogP contribution in [0.2, 0.25) is 0 Å². The molecule has 24 heavy (non-hydrogen) atoms. The van der Waals surface area contributed by atoms with Gasteiger partial charge in [-0.25, -0.2) is 9.78 Å². The molecule has 1 heterocycles. The van der Waals surface area contributed by atoms with Crippen molar-refractivity contribution in [1.29, 1.82) is 0 Å². The summed E-state index contributed by atoms with van der Waals surface area (Å²) in [6, 6.07) is 7.53. The lowest BCUT2D eigenvalue weighted by Crippen LogP contribution is -2.27. The number of hydrogen-bond donors (Lipinski definition) is 2. The summed E-state index contributed by atoms with van der Waals surface area (Å²) in [7, 11) is 0. The Morgan fingerprint density at radius 2 is 2.21 bits per heavy atom. The van der Waals surface area contributed by atoms with Crippen LogP contribution in [0.3, 0.4) is 0 Å². The highest BCUT2D eigenvalue weighted by Crippen LogP contribution is 2.28. The standard InChI is InChI=1S/C17H18N2O4S/c20-15(9-23-8-11-4-5-11)18-7-12-2-1-3-13(6-12)16-19-14(10-24-16)17(21)22/h1-3,6,10-11H,4-5,7-9H2,(H,18,20)(H,21,22). The van der Waals surface area contributed by atoms with Gasteiger partial charge in [0.1, 0.15) is 11.6 Å². The number of carboxylic acid groups (broad SMARTS) is 1. The summed E-state index contributed by atoms with van der Waals surface area (Å²) < 4.78 is 5.35. The first-order valence-electron chi connectivity index (χ1n) is 7.74. The van der Waals surface area contributed by atoms with Crippen LogP contribution < -0.4 is 5.32 Å². The highest BCUT2D eigenvalue weighted by atomic mass is 32.1. The Labute approximate surface area is 143 Å². The first-order valence-corrected chi connectivity index (χ1v) is 8.62. The molecule has 126 valence electrons. The third-order valence-electron chi connectivity index (χ3n) is 3.67. The van der Waals surface area contributed by atoms with Crippen LogP contribution in [0.1, 0.15) is 28.9 Å². The van der Waals surface area contributed by atoms with Gasteiger partial charge >= 0.3 is 5.97 Å². The second-order valence-corrected chi connectivity index (χ2v) is 6.64. The molecule has 7 heteroatoms. The van der Waals surface area contributed by atoms with Crippen LogP contribution in [-0.2, 0) is 16.1 Å². The molecule has 0 spiro atoms. The quantitative estimate of drug-likeness (QED) is 0.767. The maximum absolute atomic E-state index is 11.7. The van der Waals surface area contributed by atoms with E-state index in [0.717, 1.165) is 11.1 Å². The first-order chi connectivity index (χ1) is 11.6. The van der Waals surface area contributed by atoms with Gasteiger partial charge in [0, 0.05) is 17.5 Å². The lowest BCUT2D eigenvalue weighted by Gasteiger charge is -2.07. The van der Waals surface area contributed by atoms with Gasteiger partial charge in [-0.2, -0.15) is 0 Å². The first kappa shape index (κ1) is 16.6. The number of rotatable bonds is 8. The number of nitrogens with one attached hydrogen (secondary N) is 1. The lowest BCUT2D eigenvalue weighted by atomic mass is 10.1. The second kappa shape index (κ2) is 7.55. The van der Waals surface area contributed by atoms with Crippen LogP contribution in [0.4, 0.5) is 0 Å². The van der Waals surface area contributed by atoms with Crippen molar-refractivity contribution in [2.24, 2.45) is 5.92 Å². The van der Waals surface area contributed by atoms with E-state index in [2.05, 4.69) is 10.3 Å². The molecule has 0 unspecified atom stereocenters. The summed E-state index contributed by atoms with van der Waals surface area (Å²) in [5, 5.41) is 13.9. The molecular formula is C17H18N2O4S. The molecule has 1 aliphatic carbocycles. The van der Waals surface area contributed by atoms with Crippen molar-refractivity contribution in [2.75, 3.05) is 13.2 Å². The Bertz CT molecular complexity index is 740. The molecule has 1 aromatic carbocycles. The summed E-state index contributed by atoms with van der Waals surface area (Å²) in [5.74, 6) is -0.529. The van der Waals surface area contributed by atoms with E-state index in [1.807, 2.05) is 24.3 Å². The van der Waals surface area contributed by atoms with Crippen molar-refractivity contribution in [3.05, 3.63) is 40.9 Å². The zero-order chi connectivity index (χ0) is 16.9. The fourth-order valence-electron chi connectivity index (χ4n) is 2.17. The Hall–Kier alpha value is -2.25. The molecule has 1 aliphatic rings. The molecule has 0 radical (unpaired) electrons. The van der Waals surface area contributed by atoms with Crippen molar-refractivity contribution in [3.8, 4) is 10.6 Å². The Balaban J connectivity index is 1.54. The van der Waals surface area contributed by atoms with Gasteiger partial charge in [-0.1, -0.05) is 18.2 Å². The van der Waals surface area contributed by atoms with Gasteiger partial charge in [-0.05, 0) is 30.4 Å². The molecule has 1 aromatic heterocycles. The van der Waals surface area contributed by atoms with Gasteiger partial charge in [0.15, 0.2) is 5.69 Å². The highest BCUT2D eigenvalue weighted by molar-refractivity contribution is 7.13. The van der Waals surface area contributed by atoms with Crippen molar-refractivity contribution in [1.82, 2.24) is 10.3 Å². The summed E-state index contributed by atoms with van der Waals surface area (Å²) in [6.45, 7) is 1.15. The van der Waals surface area contributed by atoms with E-state index < -0.39 is 5.97 Å². The fourth-order valence-corrected chi connectivity index (χ4v) is 2.96. The second-order valence-electron chi connectivity index (χ2n) is 5.78. The predicted octanol–water partition coefficient (Wildman–Crippen LogP) is 2.55. The largest absolute Gasteiger partial charge is 0.476 e. The number of carbonyl (C=O) groups is 2. The molecule has 2 aromatic rings. The van der Waals surface area contributed by atoms with E-state index in [0.29, 0.717) is 24.1 Å². The van der Waals surface area contributed by atoms with E-state index in [-0.39, 0.29) is 18.2 Å². The maximum Gasteiger partial charge on any atom is 0.355 e. The van der Waals surface area contributed by atoms with Gasteiger partial charge < -0.3 is 15.2 Å². The fraction of sp³-hybridized carbons (Fsp3) is 0.353. The minimum atomic E-state index is -1.04. The van der Waals surface area contributed by atoms with Gasteiger partial charge in [0.05, 0.1) is 6.61 Å². The monoisotopic (exact) mass is 346 g/mol. The number of aromatic carboxylic acids is 1. The molecule has 1 fully saturated rings. The minimum Gasteiger partial charge on any atom is -0.476 e. The van der Waals surface area contributed by atoms with Crippen molar-refractivity contribution in [2.45, 2.75) is 19.4 Å². The van der Waals surface area contributed by atoms with Gasteiger partial charge in [0.25, 0.3) is 0 Å². The van der Waals surface area contributed by atoms with Crippen LogP contribution in [0.5, 0.6) is 0 Å². The van der Waals surface area contributed by atoms with Crippen molar-refractivity contribution >= 4 is 23.2 Å². The van der Waals surface area contributed by atoms with Gasteiger partial charge in [-0.3, -0.25) is 4.79 Å². The molecule has 3 rings (SSSR count). The van der Waals surface area contributed by atoms with E-state index in [9.17, 15) is 9.59 Å². The minimum absolute atomic E-state index is 0.0431. The Kier molecular flexibility index (Phi) is 5.22.